The molecule has 0 radical (unpaired) electrons. The number of benzene rings is 1. The zero-order chi connectivity index (χ0) is 14.8. The Morgan fingerprint density at radius 1 is 1.50 bits per heavy atom. The fourth-order valence-electron chi connectivity index (χ4n) is 2.23. The van der Waals surface area contributed by atoms with Crippen LogP contribution in [0.15, 0.2) is 18.2 Å². The molecule has 0 aromatic heterocycles. The highest BCUT2D eigenvalue weighted by atomic mass is 19.1. The smallest absolute Gasteiger partial charge is 0.272 e. The molecule has 1 heterocycles. The van der Waals surface area contributed by atoms with Crippen LogP contribution < -0.4 is 10.6 Å². The van der Waals surface area contributed by atoms with Crippen LogP contribution in [-0.4, -0.2) is 22.9 Å². The lowest BCUT2D eigenvalue weighted by atomic mass is 9.90. The topological polar surface area (TPSA) is 84.3 Å². The summed E-state index contributed by atoms with van der Waals surface area (Å²) in [6.45, 7) is 2.51. The monoisotopic (exact) mass is 281 g/mol. The Balaban J connectivity index is 2.13. The largest absolute Gasteiger partial charge is 0.322 e. The van der Waals surface area contributed by atoms with Gasteiger partial charge in [0.25, 0.3) is 5.69 Å². The number of rotatable bonds is 3. The van der Waals surface area contributed by atoms with E-state index in [1.807, 2.05) is 0 Å². The third kappa shape index (κ3) is 2.93. The fraction of sp³-hybridized carbons (Fsp3) is 0.462. The van der Waals surface area contributed by atoms with E-state index in [1.165, 1.54) is 6.07 Å². The van der Waals surface area contributed by atoms with Crippen LogP contribution in [-0.2, 0) is 4.79 Å². The average Bonchev–Trinajstić information content (AvgIpc) is 2.41. The molecule has 1 aliphatic heterocycles. The van der Waals surface area contributed by atoms with E-state index in [2.05, 4.69) is 10.6 Å². The molecule has 2 rings (SSSR count). The highest BCUT2D eigenvalue weighted by Gasteiger charge is 2.34. The zero-order valence-corrected chi connectivity index (χ0v) is 11.1. The lowest BCUT2D eigenvalue weighted by molar-refractivity contribution is -0.385. The molecule has 1 atom stereocenters. The second-order valence-corrected chi connectivity index (χ2v) is 5.09. The first-order chi connectivity index (χ1) is 9.42. The summed E-state index contributed by atoms with van der Waals surface area (Å²) in [6, 6.07) is 3.17. The minimum Gasteiger partial charge on any atom is -0.322 e. The molecule has 6 nitrogen and oxygen atoms in total. The molecule has 1 fully saturated rings. The molecular formula is C13H16FN3O3. The lowest BCUT2D eigenvalue weighted by Crippen LogP contribution is -2.54. The first-order valence-corrected chi connectivity index (χ1v) is 6.43. The van der Waals surface area contributed by atoms with Crippen molar-refractivity contribution in [3.63, 3.8) is 0 Å². The lowest BCUT2D eigenvalue weighted by Gasteiger charge is -2.33. The summed E-state index contributed by atoms with van der Waals surface area (Å²) >= 11 is 0. The minimum absolute atomic E-state index is 0.0470. The summed E-state index contributed by atoms with van der Waals surface area (Å²) in [6.07, 6.45) is 2.61. The van der Waals surface area contributed by atoms with Gasteiger partial charge >= 0.3 is 0 Å². The van der Waals surface area contributed by atoms with Crippen LogP contribution >= 0.6 is 0 Å². The zero-order valence-electron chi connectivity index (χ0n) is 11.1. The van der Waals surface area contributed by atoms with E-state index >= 15 is 0 Å². The van der Waals surface area contributed by atoms with Gasteiger partial charge in [0.1, 0.15) is 0 Å². The van der Waals surface area contributed by atoms with E-state index < -0.39 is 16.3 Å². The summed E-state index contributed by atoms with van der Waals surface area (Å²) in [5.74, 6) is -1.14. The summed E-state index contributed by atoms with van der Waals surface area (Å²) in [4.78, 5) is 22.0. The van der Waals surface area contributed by atoms with E-state index in [4.69, 9.17) is 0 Å². The van der Waals surface area contributed by atoms with Crippen molar-refractivity contribution in [1.29, 1.82) is 0 Å². The molecule has 0 aliphatic carbocycles. The maximum absolute atomic E-state index is 13.7. The molecule has 0 bridgehead atoms. The number of carbonyl (C=O) groups excluding carboxylic acids is 1. The Morgan fingerprint density at radius 2 is 2.25 bits per heavy atom. The number of amides is 1. The van der Waals surface area contributed by atoms with E-state index in [0.717, 1.165) is 31.5 Å². The molecule has 20 heavy (non-hydrogen) atoms. The van der Waals surface area contributed by atoms with Crippen molar-refractivity contribution in [2.75, 3.05) is 11.9 Å². The van der Waals surface area contributed by atoms with Gasteiger partial charge in [0, 0.05) is 6.07 Å². The number of nitro benzene ring substituents is 1. The van der Waals surface area contributed by atoms with E-state index in [0.29, 0.717) is 6.42 Å². The second kappa shape index (κ2) is 5.54. The molecule has 0 spiro atoms. The number of nitrogens with one attached hydrogen (secondary N) is 2. The van der Waals surface area contributed by atoms with Gasteiger partial charge in [-0.1, -0.05) is 0 Å². The number of halogens is 1. The van der Waals surface area contributed by atoms with Crippen molar-refractivity contribution < 1.29 is 14.1 Å². The highest BCUT2D eigenvalue weighted by Crippen LogP contribution is 2.24. The number of nitrogens with zero attached hydrogens (tertiary/aromatic N) is 1. The number of nitro groups is 1. The number of anilines is 1. The molecule has 1 aromatic rings. The van der Waals surface area contributed by atoms with Gasteiger partial charge < -0.3 is 10.6 Å². The third-order valence-electron chi connectivity index (χ3n) is 3.53. The Labute approximate surface area is 115 Å². The van der Waals surface area contributed by atoms with Crippen LogP contribution in [0, 0.1) is 15.9 Å². The summed E-state index contributed by atoms with van der Waals surface area (Å²) < 4.78 is 13.7. The molecule has 1 aliphatic rings. The fourth-order valence-corrected chi connectivity index (χ4v) is 2.23. The van der Waals surface area contributed by atoms with E-state index in [1.54, 1.807) is 6.92 Å². The van der Waals surface area contributed by atoms with Crippen molar-refractivity contribution in [3.8, 4) is 0 Å². The number of hydrogen-bond acceptors (Lipinski definition) is 4. The van der Waals surface area contributed by atoms with E-state index in [-0.39, 0.29) is 17.3 Å². The van der Waals surface area contributed by atoms with Crippen LogP contribution in [0.4, 0.5) is 15.8 Å². The van der Waals surface area contributed by atoms with Crippen LogP contribution in [0.2, 0.25) is 0 Å². The quantitative estimate of drug-likeness (QED) is 0.657. The molecular weight excluding hydrogens is 265 g/mol. The average molecular weight is 281 g/mol. The molecule has 108 valence electrons. The van der Waals surface area contributed by atoms with Gasteiger partial charge in [-0.2, -0.15) is 0 Å². The second-order valence-electron chi connectivity index (χ2n) is 5.09. The number of hydrogen-bond donors (Lipinski definition) is 2. The Hall–Kier alpha value is -2.02. The van der Waals surface area contributed by atoms with Gasteiger partial charge in [-0.3, -0.25) is 14.9 Å². The Kier molecular flexibility index (Phi) is 3.99. The predicted octanol–water partition coefficient (Wildman–Crippen LogP) is 2.20. The molecule has 1 saturated heterocycles. The first-order valence-electron chi connectivity index (χ1n) is 6.43. The summed E-state index contributed by atoms with van der Waals surface area (Å²) in [5, 5.41) is 16.1. The maximum Gasteiger partial charge on any atom is 0.272 e. The maximum atomic E-state index is 13.7. The van der Waals surface area contributed by atoms with Crippen molar-refractivity contribution in [2.45, 2.75) is 31.7 Å². The van der Waals surface area contributed by atoms with Crippen LogP contribution in [0.1, 0.15) is 26.2 Å². The Bertz CT molecular complexity index is 542. The molecule has 7 heteroatoms. The van der Waals surface area contributed by atoms with Gasteiger partial charge in [-0.15, -0.1) is 0 Å². The predicted molar refractivity (Wildman–Crippen MR) is 71.9 cm³/mol. The Morgan fingerprint density at radius 3 is 2.80 bits per heavy atom. The van der Waals surface area contributed by atoms with Crippen LogP contribution in [0.5, 0.6) is 0 Å². The van der Waals surface area contributed by atoms with Gasteiger partial charge in [-0.05, 0) is 38.8 Å². The molecule has 1 aromatic carbocycles. The molecule has 0 saturated carbocycles. The SMILES string of the molecule is CC1(C(=O)Nc2ccc([N+](=O)[O-])cc2F)CCCCN1. The molecule has 2 N–H and O–H groups in total. The van der Waals surface area contributed by atoms with Gasteiger partial charge in [0.15, 0.2) is 5.82 Å². The van der Waals surface area contributed by atoms with Gasteiger partial charge in [0.05, 0.1) is 22.2 Å². The molecule has 1 amide bonds. The summed E-state index contributed by atoms with van der Waals surface area (Å²) in [7, 11) is 0. The summed E-state index contributed by atoms with van der Waals surface area (Å²) in [5.41, 5.74) is -1.12. The van der Waals surface area contributed by atoms with Gasteiger partial charge in [0.2, 0.25) is 5.91 Å². The normalized spacial score (nSPS) is 22.3. The standard InChI is InChI=1S/C13H16FN3O3/c1-13(6-2-3-7-15-13)12(18)16-11-5-4-9(17(19)20)8-10(11)14/h4-5,8,15H,2-3,6-7H2,1H3,(H,16,18). The van der Waals surface area contributed by atoms with Crippen molar-refractivity contribution >= 4 is 17.3 Å². The first kappa shape index (κ1) is 14.4. The number of carbonyl (C=O) groups is 1. The highest BCUT2D eigenvalue weighted by molar-refractivity contribution is 5.98. The van der Waals surface area contributed by atoms with Crippen molar-refractivity contribution in [3.05, 3.63) is 34.1 Å². The van der Waals surface area contributed by atoms with Crippen molar-refractivity contribution in [2.24, 2.45) is 0 Å². The van der Waals surface area contributed by atoms with Crippen molar-refractivity contribution in [1.82, 2.24) is 5.32 Å². The van der Waals surface area contributed by atoms with Crippen LogP contribution in [0.3, 0.4) is 0 Å². The minimum atomic E-state index is -0.813. The third-order valence-corrected chi connectivity index (χ3v) is 3.53. The molecule has 1 unspecified atom stereocenters. The van der Waals surface area contributed by atoms with Gasteiger partial charge in [-0.25, -0.2) is 4.39 Å². The number of piperidine rings is 1. The van der Waals surface area contributed by atoms with E-state index in [9.17, 15) is 19.3 Å². The van der Waals surface area contributed by atoms with Crippen LogP contribution in [0.25, 0.3) is 0 Å². The number of non-ortho nitro benzene ring substituents is 1.